The van der Waals surface area contributed by atoms with Gasteiger partial charge < -0.3 is 33.2 Å². The van der Waals surface area contributed by atoms with E-state index in [9.17, 15) is 0 Å². The highest BCUT2D eigenvalue weighted by Crippen LogP contribution is 2.21. The van der Waals surface area contributed by atoms with Crippen molar-refractivity contribution < 1.29 is 33.2 Å². The van der Waals surface area contributed by atoms with Gasteiger partial charge in [-0.1, -0.05) is 6.07 Å². The van der Waals surface area contributed by atoms with Gasteiger partial charge in [0, 0.05) is 13.2 Å². The molecule has 0 spiro atoms. The highest BCUT2D eigenvalue weighted by Gasteiger charge is 2.28. The van der Waals surface area contributed by atoms with Gasteiger partial charge in [0.25, 0.3) is 0 Å². The van der Waals surface area contributed by atoms with E-state index in [2.05, 4.69) is 0 Å². The Kier molecular flexibility index (Phi) is 9.51. The van der Waals surface area contributed by atoms with Crippen LogP contribution in [0.1, 0.15) is 37.1 Å². The monoisotopic (exact) mass is 437 g/mol. The van der Waals surface area contributed by atoms with Crippen LogP contribution in [0.5, 0.6) is 0 Å². The Labute approximate surface area is 184 Å². The van der Waals surface area contributed by atoms with Crippen LogP contribution in [0, 0.1) is 0 Å². The van der Waals surface area contributed by atoms with Gasteiger partial charge in [0.2, 0.25) is 0 Å². The fourth-order valence-electron chi connectivity index (χ4n) is 4.13. The third-order valence-corrected chi connectivity index (χ3v) is 5.82. The molecule has 4 heterocycles. The van der Waals surface area contributed by atoms with E-state index >= 15 is 0 Å². The van der Waals surface area contributed by atoms with Crippen molar-refractivity contribution in [1.29, 1.82) is 0 Å². The first-order chi connectivity index (χ1) is 15.4. The Balaban J connectivity index is 1.38. The average molecular weight is 438 g/mol. The largest absolute Gasteiger partial charge is 0.377 e. The highest BCUT2D eigenvalue weighted by molar-refractivity contribution is 5.10. The molecule has 0 unspecified atom stereocenters. The molecule has 1 aromatic heterocycles. The number of ether oxygens (including phenoxy) is 7. The van der Waals surface area contributed by atoms with Crippen LogP contribution in [0.2, 0.25) is 0 Å². The number of nitrogens with zero attached hydrogens (tertiary/aromatic N) is 1. The first-order valence-electron chi connectivity index (χ1n) is 11.5. The summed E-state index contributed by atoms with van der Waals surface area (Å²) >= 11 is 0. The van der Waals surface area contributed by atoms with E-state index in [-0.39, 0.29) is 24.4 Å². The van der Waals surface area contributed by atoms with Crippen LogP contribution in [0.25, 0.3) is 0 Å². The van der Waals surface area contributed by atoms with Crippen molar-refractivity contribution in [2.75, 3.05) is 52.9 Å². The Bertz CT molecular complexity index is 597. The molecular weight excluding hydrogens is 402 g/mol. The maximum atomic E-state index is 6.18. The van der Waals surface area contributed by atoms with Crippen molar-refractivity contribution in [2.24, 2.45) is 0 Å². The van der Waals surface area contributed by atoms with Crippen LogP contribution in [0.3, 0.4) is 0 Å². The van der Waals surface area contributed by atoms with E-state index in [4.69, 9.17) is 38.1 Å². The molecule has 4 atom stereocenters. The second-order valence-corrected chi connectivity index (χ2v) is 8.18. The minimum absolute atomic E-state index is 0.00974. The summed E-state index contributed by atoms with van der Waals surface area (Å²) in [6.07, 6.45) is 3.83. The third kappa shape index (κ3) is 7.46. The Morgan fingerprint density at radius 2 is 1.10 bits per heavy atom. The fourth-order valence-corrected chi connectivity index (χ4v) is 4.13. The van der Waals surface area contributed by atoms with E-state index in [1.807, 2.05) is 18.2 Å². The van der Waals surface area contributed by atoms with E-state index in [0.29, 0.717) is 52.9 Å². The predicted molar refractivity (Wildman–Crippen MR) is 112 cm³/mol. The first kappa shape index (κ1) is 23.0. The van der Waals surface area contributed by atoms with Crippen molar-refractivity contribution in [1.82, 2.24) is 4.98 Å². The van der Waals surface area contributed by atoms with Gasteiger partial charge in [0.15, 0.2) is 0 Å². The number of rotatable bonds is 0. The van der Waals surface area contributed by atoms with E-state index in [1.54, 1.807) is 0 Å². The molecule has 0 saturated carbocycles. The molecule has 2 fully saturated rings. The Morgan fingerprint density at radius 3 is 1.65 bits per heavy atom. The normalized spacial score (nSPS) is 32.4. The molecule has 8 nitrogen and oxygen atoms in total. The minimum atomic E-state index is -0.0579. The van der Waals surface area contributed by atoms with Gasteiger partial charge in [-0.2, -0.15) is 0 Å². The van der Waals surface area contributed by atoms with Crippen molar-refractivity contribution in [2.45, 2.75) is 63.3 Å². The molecule has 2 bridgehead atoms. The number of fused-ring (bicyclic) bond motifs is 4. The van der Waals surface area contributed by atoms with Gasteiger partial charge in [-0.25, -0.2) is 0 Å². The lowest BCUT2D eigenvalue weighted by molar-refractivity contribution is -0.142. The number of pyridine rings is 1. The topological polar surface area (TPSA) is 77.5 Å². The Hall–Kier alpha value is -1.13. The van der Waals surface area contributed by atoms with Crippen LogP contribution in [0.15, 0.2) is 18.2 Å². The lowest BCUT2D eigenvalue weighted by Gasteiger charge is -2.32. The molecule has 4 rings (SSSR count). The number of aromatic nitrogens is 1. The second kappa shape index (κ2) is 12.8. The van der Waals surface area contributed by atoms with Gasteiger partial charge in [-0.15, -0.1) is 0 Å². The summed E-state index contributed by atoms with van der Waals surface area (Å²) in [5.74, 6) is 0. The molecule has 0 N–H and O–H groups in total. The zero-order valence-electron chi connectivity index (χ0n) is 18.2. The minimum Gasteiger partial charge on any atom is -0.377 e. The average Bonchev–Trinajstić information content (AvgIpc) is 2.81. The molecule has 174 valence electrons. The summed E-state index contributed by atoms with van der Waals surface area (Å²) in [6.45, 7) is 5.52. The summed E-state index contributed by atoms with van der Waals surface area (Å²) in [7, 11) is 0. The summed E-state index contributed by atoms with van der Waals surface area (Å²) in [4.78, 5) is 4.73. The van der Waals surface area contributed by atoms with Gasteiger partial charge in [-0.05, 0) is 37.8 Å². The SMILES string of the molecule is c1cc2nc(c1)CO[C@@H]1CCCO[C@@H]1COCCOCCOC[C@H]1OCCC[C@H]1OC2. The molecule has 1 aromatic rings. The summed E-state index contributed by atoms with van der Waals surface area (Å²) < 4.78 is 41.3. The van der Waals surface area contributed by atoms with Crippen molar-refractivity contribution in [3.63, 3.8) is 0 Å². The van der Waals surface area contributed by atoms with Crippen LogP contribution in [-0.4, -0.2) is 82.3 Å². The van der Waals surface area contributed by atoms with E-state index < -0.39 is 0 Å². The maximum absolute atomic E-state index is 6.18. The maximum Gasteiger partial charge on any atom is 0.107 e. The van der Waals surface area contributed by atoms with Crippen molar-refractivity contribution >= 4 is 0 Å². The van der Waals surface area contributed by atoms with Gasteiger partial charge in [0.05, 0.1) is 76.5 Å². The molecule has 8 heteroatoms. The predicted octanol–water partition coefficient (Wildman–Crippen LogP) is 2.27. The molecule has 0 aliphatic carbocycles. The number of hydrogen-bond acceptors (Lipinski definition) is 8. The smallest absolute Gasteiger partial charge is 0.107 e. The van der Waals surface area contributed by atoms with E-state index in [0.717, 1.165) is 50.3 Å². The Morgan fingerprint density at radius 1 is 0.581 bits per heavy atom. The summed E-state index contributed by atoms with van der Waals surface area (Å²) in [6, 6.07) is 5.98. The molecular formula is C23H35NO7. The van der Waals surface area contributed by atoms with Crippen molar-refractivity contribution in [3.05, 3.63) is 29.6 Å². The van der Waals surface area contributed by atoms with Crippen LogP contribution in [-0.2, 0) is 46.4 Å². The standard InChI is InChI=1S/C23H35NO7/c1-4-18-14-30-20-6-2-8-28-22(20)16-26-12-10-25-11-13-27-17-23-21(7-3-9-29-23)31-15-19(5-1)24-18/h1,4-5,20-23H,2-3,6-17H2/t20-,21-,22-,23-/m1/s1. The van der Waals surface area contributed by atoms with Gasteiger partial charge in [-0.3, -0.25) is 4.98 Å². The van der Waals surface area contributed by atoms with Crippen LogP contribution < -0.4 is 0 Å². The molecule has 2 saturated heterocycles. The lowest BCUT2D eigenvalue weighted by Crippen LogP contribution is -2.40. The molecule has 3 aliphatic heterocycles. The quantitative estimate of drug-likeness (QED) is 0.612. The van der Waals surface area contributed by atoms with Crippen molar-refractivity contribution in [3.8, 4) is 0 Å². The van der Waals surface area contributed by atoms with E-state index in [1.165, 1.54) is 0 Å². The molecule has 3 aliphatic rings. The number of hydrogen-bond donors (Lipinski definition) is 0. The van der Waals surface area contributed by atoms with Crippen LogP contribution in [0.4, 0.5) is 0 Å². The van der Waals surface area contributed by atoms with Gasteiger partial charge in [0.1, 0.15) is 12.2 Å². The fraction of sp³-hybridized carbons (Fsp3) is 0.783. The lowest BCUT2D eigenvalue weighted by atomic mass is 10.1. The van der Waals surface area contributed by atoms with Gasteiger partial charge >= 0.3 is 0 Å². The summed E-state index contributed by atoms with van der Waals surface area (Å²) in [5, 5.41) is 0. The molecule has 0 amide bonds. The first-order valence-corrected chi connectivity index (χ1v) is 11.5. The molecule has 0 radical (unpaired) electrons. The molecule has 0 aromatic carbocycles. The van der Waals surface area contributed by atoms with Crippen LogP contribution >= 0.6 is 0 Å². The highest BCUT2D eigenvalue weighted by atomic mass is 16.6. The zero-order valence-corrected chi connectivity index (χ0v) is 18.2. The second-order valence-electron chi connectivity index (χ2n) is 8.18. The zero-order chi connectivity index (χ0) is 21.1. The molecule has 31 heavy (non-hydrogen) atoms. The third-order valence-electron chi connectivity index (χ3n) is 5.82. The summed E-state index contributed by atoms with van der Waals surface area (Å²) in [5.41, 5.74) is 1.79.